The topological polar surface area (TPSA) is 32.5 Å². The van der Waals surface area contributed by atoms with Gasteiger partial charge < -0.3 is 5.73 Å². The summed E-state index contributed by atoms with van der Waals surface area (Å²) < 4.78 is 0. The molecule has 2 N–H and O–H groups in total. The van der Waals surface area contributed by atoms with Crippen LogP contribution < -0.4 is 5.73 Å². The van der Waals surface area contributed by atoms with Gasteiger partial charge in [-0.3, -0.25) is 9.80 Å². The Balaban J connectivity index is 1.91. The smallest absolute Gasteiger partial charge is 0.0139 e. The van der Waals surface area contributed by atoms with E-state index in [1.165, 1.54) is 51.9 Å². The van der Waals surface area contributed by atoms with Crippen molar-refractivity contribution in [1.29, 1.82) is 0 Å². The fourth-order valence-electron chi connectivity index (χ4n) is 3.97. The summed E-state index contributed by atoms with van der Waals surface area (Å²) in [7, 11) is 0. The third-order valence-corrected chi connectivity index (χ3v) is 5.49. The molecule has 3 heteroatoms. The average Bonchev–Trinajstić information content (AvgIpc) is 2.46. The van der Waals surface area contributed by atoms with Gasteiger partial charge in [0, 0.05) is 38.3 Å². The van der Waals surface area contributed by atoms with Gasteiger partial charge in [0.1, 0.15) is 0 Å². The van der Waals surface area contributed by atoms with Crippen LogP contribution in [0.25, 0.3) is 0 Å². The summed E-state index contributed by atoms with van der Waals surface area (Å²) in [5, 5.41) is 0. The molecule has 2 fully saturated rings. The van der Waals surface area contributed by atoms with Crippen LogP contribution in [0.4, 0.5) is 0 Å². The SMILES string of the molecule is CCC1CCC(CN)C(N2CCN(C(C)C)CC2)C1. The molecule has 2 rings (SSSR count). The maximum Gasteiger partial charge on any atom is 0.0139 e. The Bertz CT molecular complexity index is 259. The van der Waals surface area contributed by atoms with Crippen LogP contribution in [0.2, 0.25) is 0 Å². The van der Waals surface area contributed by atoms with Gasteiger partial charge in [0.25, 0.3) is 0 Å². The Kier molecular flexibility index (Phi) is 5.67. The highest BCUT2D eigenvalue weighted by molar-refractivity contribution is 4.89. The van der Waals surface area contributed by atoms with E-state index in [1.807, 2.05) is 0 Å². The van der Waals surface area contributed by atoms with Crippen LogP contribution in [0.15, 0.2) is 0 Å². The zero-order valence-corrected chi connectivity index (χ0v) is 13.1. The first-order valence-corrected chi connectivity index (χ1v) is 8.33. The van der Waals surface area contributed by atoms with Gasteiger partial charge in [0.2, 0.25) is 0 Å². The third kappa shape index (κ3) is 3.71. The summed E-state index contributed by atoms with van der Waals surface area (Å²) in [5.74, 6) is 1.68. The predicted octanol–water partition coefficient (Wildman–Crippen LogP) is 2.17. The van der Waals surface area contributed by atoms with Gasteiger partial charge in [-0.15, -0.1) is 0 Å². The Morgan fingerprint density at radius 3 is 2.32 bits per heavy atom. The van der Waals surface area contributed by atoms with Gasteiger partial charge in [-0.25, -0.2) is 0 Å². The molecular weight excluding hydrogens is 234 g/mol. The molecule has 1 saturated carbocycles. The molecule has 1 aliphatic heterocycles. The minimum absolute atomic E-state index is 0.696. The van der Waals surface area contributed by atoms with Gasteiger partial charge >= 0.3 is 0 Å². The van der Waals surface area contributed by atoms with Crippen molar-refractivity contribution in [1.82, 2.24) is 9.80 Å². The number of nitrogens with zero attached hydrogens (tertiary/aromatic N) is 2. The van der Waals surface area contributed by atoms with Gasteiger partial charge in [-0.2, -0.15) is 0 Å². The summed E-state index contributed by atoms with van der Waals surface area (Å²) in [6.07, 6.45) is 5.49. The van der Waals surface area contributed by atoms with Crippen LogP contribution in [0.1, 0.15) is 46.5 Å². The summed E-state index contributed by atoms with van der Waals surface area (Å²) in [6, 6.07) is 1.46. The molecule has 1 heterocycles. The highest BCUT2D eigenvalue weighted by Gasteiger charge is 2.34. The van der Waals surface area contributed by atoms with Crippen molar-refractivity contribution in [2.45, 2.75) is 58.5 Å². The summed E-state index contributed by atoms with van der Waals surface area (Å²) >= 11 is 0. The Labute approximate surface area is 119 Å². The molecule has 112 valence electrons. The highest BCUT2D eigenvalue weighted by atomic mass is 15.3. The summed E-state index contributed by atoms with van der Waals surface area (Å²) in [6.45, 7) is 12.8. The number of nitrogens with two attached hydrogens (primary N) is 1. The van der Waals surface area contributed by atoms with Gasteiger partial charge in [-0.1, -0.05) is 19.8 Å². The van der Waals surface area contributed by atoms with Crippen LogP contribution in [0, 0.1) is 11.8 Å². The molecule has 0 amide bonds. The average molecular weight is 267 g/mol. The predicted molar refractivity (Wildman–Crippen MR) is 82.2 cm³/mol. The largest absolute Gasteiger partial charge is 0.330 e. The fraction of sp³-hybridized carbons (Fsp3) is 1.00. The lowest BCUT2D eigenvalue weighted by Gasteiger charge is -2.46. The second-order valence-electron chi connectivity index (χ2n) is 6.82. The zero-order valence-electron chi connectivity index (χ0n) is 13.1. The molecule has 0 aromatic rings. The summed E-state index contributed by atoms with van der Waals surface area (Å²) in [5.41, 5.74) is 6.03. The molecule has 0 aromatic heterocycles. The fourth-order valence-corrected chi connectivity index (χ4v) is 3.97. The Morgan fingerprint density at radius 1 is 1.11 bits per heavy atom. The lowest BCUT2D eigenvalue weighted by molar-refractivity contribution is 0.0280. The molecule has 1 aliphatic carbocycles. The molecule has 3 nitrogen and oxygen atoms in total. The van der Waals surface area contributed by atoms with Crippen molar-refractivity contribution < 1.29 is 0 Å². The van der Waals surface area contributed by atoms with Crippen LogP contribution in [0.5, 0.6) is 0 Å². The van der Waals surface area contributed by atoms with E-state index >= 15 is 0 Å². The molecule has 3 atom stereocenters. The maximum atomic E-state index is 6.03. The third-order valence-electron chi connectivity index (χ3n) is 5.49. The van der Waals surface area contributed by atoms with Crippen LogP contribution >= 0.6 is 0 Å². The Hall–Kier alpha value is -0.120. The highest BCUT2D eigenvalue weighted by Crippen LogP contribution is 2.34. The zero-order chi connectivity index (χ0) is 13.8. The second-order valence-corrected chi connectivity index (χ2v) is 6.82. The van der Waals surface area contributed by atoms with E-state index in [2.05, 4.69) is 30.6 Å². The molecular formula is C16H33N3. The van der Waals surface area contributed by atoms with Gasteiger partial charge in [0.05, 0.1) is 0 Å². The molecule has 19 heavy (non-hydrogen) atoms. The van der Waals surface area contributed by atoms with E-state index in [0.717, 1.165) is 24.4 Å². The van der Waals surface area contributed by atoms with Crippen LogP contribution in [0.3, 0.4) is 0 Å². The summed E-state index contributed by atoms with van der Waals surface area (Å²) in [4.78, 5) is 5.35. The number of piperazine rings is 1. The van der Waals surface area contributed by atoms with Crippen molar-refractivity contribution in [2.75, 3.05) is 32.7 Å². The minimum Gasteiger partial charge on any atom is -0.330 e. The van der Waals surface area contributed by atoms with E-state index < -0.39 is 0 Å². The van der Waals surface area contributed by atoms with E-state index in [-0.39, 0.29) is 0 Å². The number of hydrogen-bond donors (Lipinski definition) is 1. The van der Waals surface area contributed by atoms with Crippen molar-refractivity contribution in [2.24, 2.45) is 17.6 Å². The lowest BCUT2D eigenvalue weighted by Crippen LogP contribution is -2.55. The number of rotatable bonds is 4. The van der Waals surface area contributed by atoms with Gasteiger partial charge in [0.15, 0.2) is 0 Å². The van der Waals surface area contributed by atoms with Crippen LogP contribution in [-0.4, -0.2) is 54.6 Å². The van der Waals surface area contributed by atoms with Crippen molar-refractivity contribution in [3.63, 3.8) is 0 Å². The second kappa shape index (κ2) is 7.05. The van der Waals surface area contributed by atoms with Gasteiger partial charge in [-0.05, 0) is 45.1 Å². The van der Waals surface area contributed by atoms with E-state index in [0.29, 0.717) is 6.04 Å². The quantitative estimate of drug-likeness (QED) is 0.847. The molecule has 0 aromatic carbocycles. The Morgan fingerprint density at radius 2 is 1.79 bits per heavy atom. The van der Waals surface area contributed by atoms with Crippen molar-refractivity contribution in [3.8, 4) is 0 Å². The monoisotopic (exact) mass is 267 g/mol. The first-order chi connectivity index (χ1) is 9.15. The minimum atomic E-state index is 0.696. The molecule has 2 aliphatic rings. The first kappa shape index (κ1) is 15.3. The van der Waals surface area contributed by atoms with E-state index in [1.54, 1.807) is 0 Å². The maximum absolute atomic E-state index is 6.03. The van der Waals surface area contributed by atoms with Crippen LogP contribution in [-0.2, 0) is 0 Å². The molecule has 1 saturated heterocycles. The first-order valence-electron chi connectivity index (χ1n) is 8.33. The molecule has 0 bridgehead atoms. The van der Waals surface area contributed by atoms with E-state index in [9.17, 15) is 0 Å². The van der Waals surface area contributed by atoms with E-state index in [4.69, 9.17) is 5.73 Å². The van der Waals surface area contributed by atoms with Crippen molar-refractivity contribution >= 4 is 0 Å². The molecule has 0 radical (unpaired) electrons. The lowest BCUT2D eigenvalue weighted by atomic mass is 9.76. The standard InChI is InChI=1S/C16H33N3/c1-4-14-5-6-15(12-17)16(11-14)19-9-7-18(8-10-19)13(2)3/h13-16H,4-12,17H2,1-3H3. The molecule has 0 spiro atoms. The normalized spacial score (nSPS) is 34.9. The number of hydrogen-bond acceptors (Lipinski definition) is 3. The van der Waals surface area contributed by atoms with Crippen molar-refractivity contribution in [3.05, 3.63) is 0 Å². The molecule has 3 unspecified atom stereocenters.